The second-order valence-electron chi connectivity index (χ2n) is 7.44. The summed E-state index contributed by atoms with van der Waals surface area (Å²) in [5.41, 5.74) is 0. The largest absolute Gasteiger partial charge is 0.345 e. The minimum atomic E-state index is -1.33. The molecular weight excluding hydrogens is 324 g/mol. The first-order chi connectivity index (χ1) is 11.6. The van der Waals surface area contributed by atoms with Crippen LogP contribution in [0.1, 0.15) is 87.0 Å². The van der Waals surface area contributed by atoms with Gasteiger partial charge < -0.3 is 0 Å². The molecule has 0 aromatic rings. The molecule has 0 heterocycles. The lowest BCUT2D eigenvalue weighted by atomic mass is 10.00. The number of rotatable bonds is 13. The average molecular weight is 360 g/mol. The maximum Gasteiger partial charge on any atom is 0.345 e. The Bertz CT molecular complexity index is 393. The molecule has 0 fully saturated rings. The normalized spacial score (nSPS) is 15.1. The molecule has 0 aromatic heterocycles. The van der Waals surface area contributed by atoms with Crippen LogP contribution in [0.15, 0.2) is 0 Å². The zero-order valence-corrected chi connectivity index (χ0v) is 16.9. The minimum Gasteiger partial charge on any atom is -0.295 e. The van der Waals surface area contributed by atoms with E-state index in [9.17, 15) is 9.59 Å². The Balaban J connectivity index is 4.74. The van der Waals surface area contributed by atoms with Crippen LogP contribution in [0.3, 0.4) is 0 Å². The summed E-state index contributed by atoms with van der Waals surface area (Å²) in [5.74, 6) is -2.36. The monoisotopic (exact) mass is 360 g/mol. The van der Waals surface area contributed by atoms with Gasteiger partial charge in [-0.3, -0.25) is 9.78 Å². The van der Waals surface area contributed by atoms with Crippen molar-refractivity contribution in [3.8, 4) is 0 Å². The van der Waals surface area contributed by atoms with Crippen molar-refractivity contribution in [3.05, 3.63) is 0 Å². The Labute approximate surface area is 152 Å². The van der Waals surface area contributed by atoms with Crippen LogP contribution >= 0.6 is 0 Å². The van der Waals surface area contributed by atoms with Gasteiger partial charge in [-0.2, -0.15) is 0 Å². The van der Waals surface area contributed by atoms with Gasteiger partial charge in [-0.05, 0) is 32.1 Å². The Kier molecular flexibility index (Phi) is 11.7. The molecular formula is C19H36O6. The summed E-state index contributed by atoms with van der Waals surface area (Å²) in [6.45, 7) is 13.2. The smallest absolute Gasteiger partial charge is 0.295 e. The second-order valence-corrected chi connectivity index (χ2v) is 7.44. The highest BCUT2D eigenvalue weighted by Crippen LogP contribution is 2.25. The number of hydrogen-bond acceptors (Lipinski definition) is 6. The topological polar surface area (TPSA) is 71.1 Å². The predicted octanol–water partition coefficient (Wildman–Crippen LogP) is 4.96. The van der Waals surface area contributed by atoms with E-state index in [0.29, 0.717) is 18.8 Å². The highest BCUT2D eigenvalue weighted by atomic mass is 17.3. The van der Waals surface area contributed by atoms with E-state index in [2.05, 4.69) is 20.8 Å². The Morgan fingerprint density at radius 3 is 1.92 bits per heavy atom. The fourth-order valence-electron chi connectivity index (χ4n) is 2.01. The maximum absolute atomic E-state index is 12.2. The van der Waals surface area contributed by atoms with E-state index in [4.69, 9.17) is 19.6 Å². The van der Waals surface area contributed by atoms with Crippen LogP contribution in [0.4, 0.5) is 0 Å². The molecule has 0 spiro atoms. The van der Waals surface area contributed by atoms with E-state index in [0.717, 1.165) is 25.7 Å². The van der Waals surface area contributed by atoms with Crippen molar-refractivity contribution in [2.24, 2.45) is 17.8 Å². The summed E-state index contributed by atoms with van der Waals surface area (Å²) in [4.78, 5) is 44.2. The van der Waals surface area contributed by atoms with E-state index < -0.39 is 17.7 Å². The van der Waals surface area contributed by atoms with Crippen LogP contribution in [0.5, 0.6) is 0 Å². The molecule has 0 aliphatic heterocycles. The first-order valence-electron chi connectivity index (χ1n) is 9.44. The number of carbonyl (C=O) groups is 2. The summed E-state index contributed by atoms with van der Waals surface area (Å²) in [5, 5.41) is 0. The molecule has 0 radical (unpaired) electrons. The minimum absolute atomic E-state index is 0.201. The lowest BCUT2D eigenvalue weighted by molar-refractivity contribution is -0.479. The van der Waals surface area contributed by atoms with E-state index in [1.807, 2.05) is 6.92 Å². The maximum atomic E-state index is 12.2. The van der Waals surface area contributed by atoms with Gasteiger partial charge >= 0.3 is 11.9 Å². The van der Waals surface area contributed by atoms with Crippen LogP contribution < -0.4 is 0 Å². The fraction of sp³-hybridized carbons (Fsp3) is 0.895. The molecule has 2 unspecified atom stereocenters. The average Bonchev–Trinajstić information content (AvgIpc) is 2.56. The van der Waals surface area contributed by atoms with Crippen molar-refractivity contribution in [2.45, 2.75) is 92.8 Å². The van der Waals surface area contributed by atoms with Crippen molar-refractivity contribution in [3.63, 3.8) is 0 Å². The molecule has 6 heteroatoms. The van der Waals surface area contributed by atoms with Gasteiger partial charge in [-0.25, -0.2) is 9.59 Å². The van der Waals surface area contributed by atoms with Crippen molar-refractivity contribution in [2.75, 3.05) is 0 Å². The molecule has 0 saturated heterocycles. The van der Waals surface area contributed by atoms with Gasteiger partial charge in [0.1, 0.15) is 0 Å². The van der Waals surface area contributed by atoms with E-state index in [1.165, 1.54) is 0 Å². The molecule has 0 aromatic carbocycles. The molecule has 0 amide bonds. The van der Waals surface area contributed by atoms with Gasteiger partial charge in [-0.1, -0.05) is 54.4 Å². The number of unbranched alkanes of at least 4 members (excludes halogenated alkanes) is 1. The highest BCUT2D eigenvalue weighted by molar-refractivity contribution is 5.71. The highest BCUT2D eigenvalue weighted by Gasteiger charge is 2.34. The summed E-state index contributed by atoms with van der Waals surface area (Å²) in [6.07, 6.45) is 4.62. The zero-order chi connectivity index (χ0) is 19.5. The van der Waals surface area contributed by atoms with Crippen molar-refractivity contribution in [1.29, 1.82) is 0 Å². The molecule has 0 saturated carbocycles. The molecule has 148 valence electrons. The molecule has 2 atom stereocenters. The quantitative estimate of drug-likeness (QED) is 0.263. The van der Waals surface area contributed by atoms with Crippen LogP contribution in [0, 0.1) is 17.8 Å². The van der Waals surface area contributed by atoms with Gasteiger partial charge in [-0.15, -0.1) is 9.78 Å². The molecule has 0 N–H and O–H groups in total. The molecule has 0 rings (SSSR count). The Morgan fingerprint density at radius 1 is 0.920 bits per heavy atom. The van der Waals surface area contributed by atoms with E-state index in [1.54, 1.807) is 20.8 Å². The molecule has 6 nitrogen and oxygen atoms in total. The summed E-state index contributed by atoms with van der Waals surface area (Å²) in [6, 6.07) is 0. The third kappa shape index (κ3) is 10.4. The van der Waals surface area contributed by atoms with Crippen molar-refractivity contribution >= 4 is 11.9 Å². The SMILES string of the molecule is CCCCC(CC)C(=O)OOC(C)(CCC(C)C)OOC(=O)C(C)C. The first kappa shape index (κ1) is 23.9. The van der Waals surface area contributed by atoms with Gasteiger partial charge in [0.15, 0.2) is 0 Å². The van der Waals surface area contributed by atoms with Crippen LogP contribution in [-0.4, -0.2) is 17.7 Å². The fourth-order valence-corrected chi connectivity index (χ4v) is 2.01. The van der Waals surface area contributed by atoms with Crippen LogP contribution in [-0.2, 0) is 29.1 Å². The number of hydrogen-bond donors (Lipinski definition) is 0. The van der Waals surface area contributed by atoms with Crippen molar-refractivity contribution < 1.29 is 29.1 Å². The molecule has 0 aliphatic carbocycles. The van der Waals surface area contributed by atoms with Crippen molar-refractivity contribution in [1.82, 2.24) is 0 Å². The van der Waals surface area contributed by atoms with Gasteiger partial charge in [0.25, 0.3) is 5.79 Å². The lowest BCUT2D eigenvalue weighted by Gasteiger charge is -2.27. The first-order valence-corrected chi connectivity index (χ1v) is 9.44. The zero-order valence-electron chi connectivity index (χ0n) is 16.9. The molecule has 25 heavy (non-hydrogen) atoms. The van der Waals surface area contributed by atoms with Gasteiger partial charge in [0.2, 0.25) is 0 Å². The van der Waals surface area contributed by atoms with Gasteiger partial charge in [0.05, 0.1) is 11.8 Å². The Morgan fingerprint density at radius 2 is 1.48 bits per heavy atom. The van der Waals surface area contributed by atoms with E-state index >= 15 is 0 Å². The predicted molar refractivity (Wildman–Crippen MR) is 95.0 cm³/mol. The van der Waals surface area contributed by atoms with E-state index in [-0.39, 0.29) is 11.8 Å². The molecule has 0 aliphatic rings. The summed E-state index contributed by atoms with van der Waals surface area (Å²) >= 11 is 0. The number of carbonyl (C=O) groups excluding carboxylic acids is 2. The summed E-state index contributed by atoms with van der Waals surface area (Å²) < 4.78 is 0. The Hall–Kier alpha value is -1.14. The third-order valence-corrected chi connectivity index (χ3v) is 3.98. The standard InChI is InChI=1S/C19H36O6/c1-8-10-11-16(9-2)18(21)23-25-19(7,13-12-14(3)4)24-22-17(20)15(5)6/h14-16H,8-13H2,1-7H3. The lowest BCUT2D eigenvalue weighted by Crippen LogP contribution is -2.36. The van der Waals surface area contributed by atoms with Gasteiger partial charge in [0, 0.05) is 6.42 Å². The summed E-state index contributed by atoms with van der Waals surface area (Å²) in [7, 11) is 0. The molecule has 0 bridgehead atoms. The van der Waals surface area contributed by atoms with Crippen LogP contribution in [0.2, 0.25) is 0 Å². The van der Waals surface area contributed by atoms with Crippen LogP contribution in [0.25, 0.3) is 0 Å². The second kappa shape index (κ2) is 12.3. The third-order valence-electron chi connectivity index (χ3n) is 3.98.